The number of nitrogens with one attached hydrogen (secondary N) is 2. The van der Waals surface area contributed by atoms with Gasteiger partial charge < -0.3 is 15.7 Å². The molecule has 0 saturated carbocycles. The van der Waals surface area contributed by atoms with Gasteiger partial charge >= 0.3 is 5.97 Å². The fraction of sp³-hybridized carbons (Fsp3) is 0.864. The minimum atomic E-state index is -4.37. The average Bonchev–Trinajstić information content (AvgIpc) is 2.71. The van der Waals surface area contributed by atoms with Crippen LogP contribution < -0.4 is 10.6 Å². The first-order chi connectivity index (χ1) is 15.2. The second-order valence-electron chi connectivity index (χ2n) is 8.33. The second kappa shape index (κ2) is 18.8. The Morgan fingerprint density at radius 3 is 1.44 bits per heavy atom. The van der Waals surface area contributed by atoms with Gasteiger partial charge in [0.2, 0.25) is 11.8 Å². The average molecular weight is 479 g/mol. The van der Waals surface area contributed by atoms with Crippen molar-refractivity contribution in [3.8, 4) is 0 Å². The van der Waals surface area contributed by atoms with Gasteiger partial charge in [0.25, 0.3) is 10.1 Å². The Morgan fingerprint density at radius 1 is 0.719 bits per heavy atom. The van der Waals surface area contributed by atoms with Crippen molar-refractivity contribution < 1.29 is 32.5 Å². The summed E-state index contributed by atoms with van der Waals surface area (Å²) >= 11 is 0. The SMILES string of the molecule is CNC(=O)[C@H](CS(=O)(=O)O)NC(=O)CCCCCCCCCCCCCCCCC(=O)O. The first-order valence-electron chi connectivity index (χ1n) is 11.8. The molecule has 2 amide bonds. The maximum atomic E-state index is 11.9. The van der Waals surface area contributed by atoms with Crippen LogP contribution in [0.4, 0.5) is 0 Å². The summed E-state index contributed by atoms with van der Waals surface area (Å²) in [4.78, 5) is 34.0. The highest BCUT2D eigenvalue weighted by atomic mass is 32.2. The zero-order valence-electron chi connectivity index (χ0n) is 19.4. The summed E-state index contributed by atoms with van der Waals surface area (Å²) in [7, 11) is -3.04. The van der Waals surface area contributed by atoms with Gasteiger partial charge in [0.1, 0.15) is 11.8 Å². The summed E-state index contributed by atoms with van der Waals surface area (Å²) in [5, 5.41) is 13.2. The Balaban J connectivity index is 3.56. The molecule has 0 spiro atoms. The molecule has 0 aromatic rings. The van der Waals surface area contributed by atoms with Crippen LogP contribution in [0, 0.1) is 0 Å². The van der Waals surface area contributed by atoms with Gasteiger partial charge in [-0.05, 0) is 12.8 Å². The number of carbonyl (C=O) groups excluding carboxylic acids is 2. The van der Waals surface area contributed by atoms with E-state index < -0.39 is 39.7 Å². The molecule has 0 unspecified atom stereocenters. The minimum absolute atomic E-state index is 0.218. The van der Waals surface area contributed by atoms with Crippen molar-refractivity contribution >= 4 is 27.9 Å². The van der Waals surface area contributed by atoms with E-state index in [1.807, 2.05) is 0 Å². The quantitative estimate of drug-likeness (QED) is 0.146. The third-order valence-electron chi connectivity index (χ3n) is 5.32. The summed E-state index contributed by atoms with van der Waals surface area (Å²) < 4.78 is 30.9. The van der Waals surface area contributed by atoms with E-state index >= 15 is 0 Å². The van der Waals surface area contributed by atoms with E-state index in [-0.39, 0.29) is 12.8 Å². The predicted octanol–water partition coefficient (Wildman–Crippen LogP) is 3.43. The fourth-order valence-electron chi connectivity index (χ4n) is 3.52. The van der Waals surface area contributed by atoms with Crippen LogP contribution in [0.5, 0.6) is 0 Å². The van der Waals surface area contributed by atoms with E-state index in [9.17, 15) is 22.8 Å². The van der Waals surface area contributed by atoms with Gasteiger partial charge in [-0.1, -0.05) is 77.0 Å². The van der Waals surface area contributed by atoms with Crippen molar-refractivity contribution in [3.63, 3.8) is 0 Å². The Kier molecular flexibility index (Phi) is 17.9. The van der Waals surface area contributed by atoms with Crippen LogP contribution in [0.15, 0.2) is 0 Å². The molecule has 0 aromatic carbocycles. The number of unbranched alkanes of at least 4 members (excludes halogenated alkanes) is 13. The number of hydrogen-bond donors (Lipinski definition) is 4. The molecule has 0 aliphatic carbocycles. The smallest absolute Gasteiger partial charge is 0.303 e. The summed E-state index contributed by atoms with van der Waals surface area (Å²) in [6.45, 7) is 0. The third-order valence-corrected chi connectivity index (χ3v) is 6.07. The van der Waals surface area contributed by atoms with Gasteiger partial charge in [0, 0.05) is 19.9 Å². The molecule has 10 heteroatoms. The second-order valence-corrected chi connectivity index (χ2v) is 9.82. The van der Waals surface area contributed by atoms with E-state index in [2.05, 4.69) is 10.6 Å². The van der Waals surface area contributed by atoms with Crippen LogP contribution in [-0.4, -0.2) is 54.7 Å². The van der Waals surface area contributed by atoms with Crippen molar-refractivity contribution in [3.05, 3.63) is 0 Å². The number of aliphatic carboxylic acids is 1. The minimum Gasteiger partial charge on any atom is -0.481 e. The van der Waals surface area contributed by atoms with Crippen LogP contribution in [0.1, 0.15) is 103 Å². The highest BCUT2D eigenvalue weighted by molar-refractivity contribution is 7.85. The maximum Gasteiger partial charge on any atom is 0.303 e. The Morgan fingerprint density at radius 2 is 1.09 bits per heavy atom. The molecule has 9 nitrogen and oxygen atoms in total. The first kappa shape index (κ1) is 30.3. The molecule has 0 radical (unpaired) electrons. The number of carboxylic acid groups (broad SMARTS) is 1. The van der Waals surface area contributed by atoms with Gasteiger partial charge in [-0.25, -0.2) is 0 Å². The van der Waals surface area contributed by atoms with Crippen molar-refractivity contribution in [1.82, 2.24) is 10.6 Å². The molecule has 0 heterocycles. The summed E-state index contributed by atoms with van der Waals surface area (Å²) in [5.41, 5.74) is 0. The van der Waals surface area contributed by atoms with Gasteiger partial charge in [0.15, 0.2) is 0 Å². The number of likely N-dealkylation sites (N-methyl/N-ethyl adjacent to an activating group) is 1. The zero-order valence-corrected chi connectivity index (χ0v) is 20.3. The molecular weight excluding hydrogens is 436 g/mol. The molecule has 0 aliphatic rings. The molecule has 188 valence electrons. The van der Waals surface area contributed by atoms with Crippen LogP contribution in [0.2, 0.25) is 0 Å². The number of amides is 2. The van der Waals surface area contributed by atoms with E-state index in [4.69, 9.17) is 9.66 Å². The molecule has 0 bridgehead atoms. The van der Waals surface area contributed by atoms with Crippen molar-refractivity contribution in [1.29, 1.82) is 0 Å². The first-order valence-corrected chi connectivity index (χ1v) is 13.4. The summed E-state index contributed by atoms with van der Waals surface area (Å²) in [5.74, 6) is -2.61. The van der Waals surface area contributed by atoms with Crippen LogP contribution >= 0.6 is 0 Å². The van der Waals surface area contributed by atoms with Crippen LogP contribution in [0.3, 0.4) is 0 Å². The Hall–Kier alpha value is -1.68. The fourth-order valence-corrected chi connectivity index (χ4v) is 4.17. The van der Waals surface area contributed by atoms with E-state index in [1.165, 1.54) is 52.0 Å². The van der Waals surface area contributed by atoms with Gasteiger partial charge in [-0.3, -0.25) is 18.9 Å². The number of rotatable bonds is 21. The van der Waals surface area contributed by atoms with E-state index in [0.29, 0.717) is 6.42 Å². The van der Waals surface area contributed by atoms with E-state index in [0.717, 1.165) is 38.5 Å². The predicted molar refractivity (Wildman–Crippen MR) is 124 cm³/mol. The number of hydrogen-bond acceptors (Lipinski definition) is 5. The highest BCUT2D eigenvalue weighted by Gasteiger charge is 2.25. The normalized spacial score (nSPS) is 12.3. The molecule has 1 atom stereocenters. The van der Waals surface area contributed by atoms with E-state index in [1.54, 1.807) is 0 Å². The Bertz CT molecular complexity index is 638. The standard InChI is InChI=1S/C22H42N2O7S/c1-23-22(28)19(18-32(29,30)31)24-20(25)16-14-12-10-8-6-4-2-3-5-7-9-11-13-15-17-21(26)27/h19H,2-18H2,1H3,(H,23,28)(H,24,25)(H,26,27)(H,29,30,31)/t19-/m0/s1. The summed E-state index contributed by atoms with van der Waals surface area (Å²) in [6, 6.07) is -1.29. The van der Waals surface area contributed by atoms with Crippen LogP contribution in [-0.2, 0) is 24.5 Å². The maximum absolute atomic E-state index is 11.9. The lowest BCUT2D eigenvalue weighted by molar-refractivity contribution is -0.137. The van der Waals surface area contributed by atoms with Crippen molar-refractivity contribution in [2.24, 2.45) is 0 Å². The zero-order chi connectivity index (χ0) is 24.2. The largest absolute Gasteiger partial charge is 0.481 e. The third kappa shape index (κ3) is 20.2. The topological polar surface area (TPSA) is 150 Å². The van der Waals surface area contributed by atoms with Gasteiger partial charge in [0.05, 0.1) is 0 Å². The lowest BCUT2D eigenvalue weighted by Crippen LogP contribution is -2.49. The van der Waals surface area contributed by atoms with Crippen molar-refractivity contribution in [2.75, 3.05) is 12.8 Å². The molecule has 0 rings (SSSR count). The molecular formula is C22H42N2O7S. The number of carbonyl (C=O) groups is 3. The van der Waals surface area contributed by atoms with Crippen LogP contribution in [0.25, 0.3) is 0 Å². The lowest BCUT2D eigenvalue weighted by Gasteiger charge is -2.15. The van der Waals surface area contributed by atoms with Gasteiger partial charge in [-0.2, -0.15) is 8.42 Å². The highest BCUT2D eigenvalue weighted by Crippen LogP contribution is 2.13. The number of carboxylic acids is 1. The lowest BCUT2D eigenvalue weighted by atomic mass is 10.0. The van der Waals surface area contributed by atoms with Gasteiger partial charge in [-0.15, -0.1) is 0 Å². The molecule has 0 saturated heterocycles. The molecule has 0 fully saturated rings. The molecule has 32 heavy (non-hydrogen) atoms. The monoisotopic (exact) mass is 478 g/mol. The molecule has 4 N–H and O–H groups in total. The molecule has 0 aromatic heterocycles. The summed E-state index contributed by atoms with van der Waals surface area (Å²) in [6.07, 6.45) is 15.6. The Labute approximate surface area is 192 Å². The molecule has 0 aliphatic heterocycles. The van der Waals surface area contributed by atoms with Crippen molar-refractivity contribution in [2.45, 2.75) is 109 Å².